The first-order chi connectivity index (χ1) is 5.15. The summed E-state index contributed by atoms with van der Waals surface area (Å²) in [6.45, 7) is 1.66. The molecule has 3 nitrogen and oxygen atoms in total. The largest absolute Gasteiger partial charge is 0.492 e. The second-order valence-electron chi connectivity index (χ2n) is 1.99. The van der Waals surface area contributed by atoms with Crippen molar-refractivity contribution >= 4 is 23.2 Å². The monoisotopic (exact) mass is 192 g/mol. The normalized spacial score (nSPS) is 10.1. The Morgan fingerprint density at radius 1 is 1.45 bits per heavy atom. The Kier molecular flexibility index (Phi) is 2.52. The SMILES string of the molecule is Cc1nc(O)c(Cl)c(CCl)n1. The van der Waals surface area contributed by atoms with Crippen LogP contribution in [0.3, 0.4) is 0 Å². The van der Waals surface area contributed by atoms with Crippen molar-refractivity contribution in [1.82, 2.24) is 9.97 Å². The van der Waals surface area contributed by atoms with Gasteiger partial charge in [-0.3, -0.25) is 0 Å². The van der Waals surface area contributed by atoms with Crippen molar-refractivity contribution in [3.63, 3.8) is 0 Å². The molecule has 0 unspecified atom stereocenters. The molecule has 0 aliphatic rings. The number of hydrogen-bond donors (Lipinski definition) is 1. The van der Waals surface area contributed by atoms with Crippen LogP contribution in [0.5, 0.6) is 5.88 Å². The molecule has 0 saturated carbocycles. The van der Waals surface area contributed by atoms with Crippen LogP contribution in [-0.2, 0) is 5.88 Å². The van der Waals surface area contributed by atoms with Crippen molar-refractivity contribution in [2.75, 3.05) is 0 Å². The van der Waals surface area contributed by atoms with Gasteiger partial charge in [-0.15, -0.1) is 11.6 Å². The Morgan fingerprint density at radius 2 is 2.09 bits per heavy atom. The molecule has 0 fully saturated rings. The lowest BCUT2D eigenvalue weighted by Crippen LogP contribution is -1.94. The molecule has 1 rings (SSSR count). The molecule has 0 spiro atoms. The van der Waals surface area contributed by atoms with Gasteiger partial charge in [0, 0.05) is 0 Å². The minimum atomic E-state index is -0.213. The minimum absolute atomic E-state index is 0.130. The zero-order valence-corrected chi connectivity index (χ0v) is 7.32. The number of alkyl halides is 1. The van der Waals surface area contributed by atoms with Crippen LogP contribution in [-0.4, -0.2) is 15.1 Å². The third kappa shape index (κ3) is 1.73. The number of rotatable bonds is 1. The number of hydrogen-bond acceptors (Lipinski definition) is 3. The molecular formula is C6H6Cl2N2O. The van der Waals surface area contributed by atoms with Gasteiger partial charge in [0.2, 0.25) is 5.88 Å². The number of nitrogens with zero attached hydrogens (tertiary/aromatic N) is 2. The first-order valence-corrected chi connectivity index (χ1v) is 3.84. The smallest absolute Gasteiger partial charge is 0.233 e. The van der Waals surface area contributed by atoms with Crippen LogP contribution in [0.1, 0.15) is 11.5 Å². The summed E-state index contributed by atoms with van der Waals surface area (Å²) in [5.41, 5.74) is 0.457. The van der Waals surface area contributed by atoms with Crippen molar-refractivity contribution < 1.29 is 5.11 Å². The average Bonchev–Trinajstić information content (AvgIpc) is 1.96. The fraction of sp³-hybridized carbons (Fsp3) is 0.333. The molecule has 0 aliphatic carbocycles. The van der Waals surface area contributed by atoms with E-state index in [4.69, 9.17) is 28.3 Å². The van der Waals surface area contributed by atoms with Crippen LogP contribution < -0.4 is 0 Å². The molecule has 0 radical (unpaired) electrons. The highest BCUT2D eigenvalue weighted by atomic mass is 35.5. The maximum absolute atomic E-state index is 9.07. The molecule has 1 heterocycles. The lowest BCUT2D eigenvalue weighted by atomic mass is 10.4. The molecule has 0 bridgehead atoms. The summed E-state index contributed by atoms with van der Waals surface area (Å²) in [6, 6.07) is 0. The van der Waals surface area contributed by atoms with E-state index in [9.17, 15) is 0 Å². The van der Waals surface area contributed by atoms with Gasteiger partial charge in [0.05, 0.1) is 11.6 Å². The van der Waals surface area contributed by atoms with E-state index in [2.05, 4.69) is 9.97 Å². The van der Waals surface area contributed by atoms with Crippen molar-refractivity contribution in [2.45, 2.75) is 12.8 Å². The van der Waals surface area contributed by atoms with Gasteiger partial charge >= 0.3 is 0 Å². The number of aryl methyl sites for hydroxylation is 1. The molecule has 1 N–H and O–H groups in total. The minimum Gasteiger partial charge on any atom is -0.492 e. The summed E-state index contributed by atoms with van der Waals surface area (Å²) in [5.74, 6) is 0.424. The Hall–Kier alpha value is -0.540. The van der Waals surface area contributed by atoms with Gasteiger partial charge in [0.25, 0.3) is 0 Å². The van der Waals surface area contributed by atoms with Gasteiger partial charge in [0.15, 0.2) is 0 Å². The van der Waals surface area contributed by atoms with Crippen LogP contribution in [0, 0.1) is 6.92 Å². The van der Waals surface area contributed by atoms with Crippen LogP contribution in [0.15, 0.2) is 0 Å². The van der Waals surface area contributed by atoms with Crippen molar-refractivity contribution in [2.24, 2.45) is 0 Å². The van der Waals surface area contributed by atoms with Crippen molar-refractivity contribution in [3.05, 3.63) is 16.5 Å². The lowest BCUT2D eigenvalue weighted by molar-refractivity contribution is 0.449. The average molecular weight is 193 g/mol. The summed E-state index contributed by atoms with van der Waals surface area (Å²) in [4.78, 5) is 7.55. The summed E-state index contributed by atoms with van der Waals surface area (Å²) in [6.07, 6.45) is 0. The van der Waals surface area contributed by atoms with Gasteiger partial charge < -0.3 is 5.11 Å². The standard InChI is InChI=1S/C6H6Cl2N2O/c1-3-9-4(2-7)5(8)6(11)10-3/h2H2,1H3,(H,9,10,11). The Bertz CT molecular complexity index is 278. The quantitative estimate of drug-likeness (QED) is 0.692. The molecule has 1 aromatic rings. The van der Waals surface area contributed by atoms with E-state index < -0.39 is 0 Å². The van der Waals surface area contributed by atoms with E-state index in [0.717, 1.165) is 0 Å². The third-order valence-corrected chi connectivity index (χ3v) is 1.78. The summed E-state index contributed by atoms with van der Waals surface area (Å²) >= 11 is 11.1. The van der Waals surface area contributed by atoms with Crippen molar-refractivity contribution in [3.8, 4) is 5.88 Å². The first kappa shape index (κ1) is 8.56. The maximum Gasteiger partial charge on any atom is 0.233 e. The second-order valence-corrected chi connectivity index (χ2v) is 2.63. The van der Waals surface area contributed by atoms with Gasteiger partial charge in [-0.1, -0.05) is 11.6 Å². The Balaban J connectivity index is 3.24. The predicted molar refractivity (Wildman–Crippen MR) is 43.0 cm³/mol. The highest BCUT2D eigenvalue weighted by Gasteiger charge is 2.07. The Morgan fingerprint density at radius 3 is 2.64 bits per heavy atom. The van der Waals surface area contributed by atoms with Crippen molar-refractivity contribution in [1.29, 1.82) is 0 Å². The summed E-state index contributed by atoms with van der Waals surface area (Å²) in [5, 5.41) is 9.20. The molecule has 0 amide bonds. The number of aromatic hydroxyl groups is 1. The topological polar surface area (TPSA) is 46.0 Å². The highest BCUT2D eigenvalue weighted by molar-refractivity contribution is 6.33. The second kappa shape index (κ2) is 3.24. The van der Waals surface area contributed by atoms with Crippen LogP contribution in [0.25, 0.3) is 0 Å². The van der Waals surface area contributed by atoms with E-state index in [0.29, 0.717) is 11.5 Å². The predicted octanol–water partition coefficient (Wildman–Crippen LogP) is 1.88. The fourth-order valence-electron chi connectivity index (χ4n) is 0.689. The molecule has 0 aromatic carbocycles. The molecule has 0 saturated heterocycles. The summed E-state index contributed by atoms with van der Waals surface area (Å²) in [7, 11) is 0. The Labute approximate surface area is 74.0 Å². The maximum atomic E-state index is 9.07. The molecule has 0 aliphatic heterocycles. The molecule has 5 heteroatoms. The summed E-state index contributed by atoms with van der Waals surface area (Å²) < 4.78 is 0. The van der Waals surface area contributed by atoms with Gasteiger partial charge in [-0.2, -0.15) is 4.98 Å². The zero-order valence-electron chi connectivity index (χ0n) is 5.80. The van der Waals surface area contributed by atoms with E-state index in [1.54, 1.807) is 6.92 Å². The number of aromatic nitrogens is 2. The fourth-order valence-corrected chi connectivity index (χ4v) is 1.10. The highest BCUT2D eigenvalue weighted by Crippen LogP contribution is 2.24. The molecule has 0 atom stereocenters. The first-order valence-electron chi connectivity index (χ1n) is 2.93. The third-order valence-electron chi connectivity index (χ3n) is 1.14. The van der Waals surface area contributed by atoms with Crippen LogP contribution in [0.4, 0.5) is 0 Å². The molecule has 11 heavy (non-hydrogen) atoms. The van der Waals surface area contributed by atoms with Gasteiger partial charge in [0.1, 0.15) is 10.8 Å². The van der Waals surface area contributed by atoms with Crippen LogP contribution >= 0.6 is 23.2 Å². The van der Waals surface area contributed by atoms with E-state index >= 15 is 0 Å². The van der Waals surface area contributed by atoms with Gasteiger partial charge in [-0.25, -0.2) is 4.98 Å². The van der Waals surface area contributed by atoms with E-state index in [-0.39, 0.29) is 16.8 Å². The lowest BCUT2D eigenvalue weighted by Gasteiger charge is -2.01. The van der Waals surface area contributed by atoms with Crippen LogP contribution in [0.2, 0.25) is 5.02 Å². The number of halogens is 2. The molecule has 1 aromatic heterocycles. The van der Waals surface area contributed by atoms with Gasteiger partial charge in [-0.05, 0) is 6.92 Å². The van der Waals surface area contributed by atoms with E-state index in [1.807, 2.05) is 0 Å². The zero-order chi connectivity index (χ0) is 8.43. The molecule has 60 valence electrons. The van der Waals surface area contributed by atoms with E-state index in [1.165, 1.54) is 0 Å². The molecular weight excluding hydrogens is 187 g/mol.